The summed E-state index contributed by atoms with van der Waals surface area (Å²) in [4.78, 5) is 14.0. The first-order valence-corrected chi connectivity index (χ1v) is 8.41. The lowest BCUT2D eigenvalue weighted by Crippen LogP contribution is -2.34. The lowest BCUT2D eigenvalue weighted by molar-refractivity contribution is 0.214. The number of carbonyl (C=O) groups is 1. The summed E-state index contributed by atoms with van der Waals surface area (Å²) < 4.78 is 40.0. The SMILES string of the molecule is Cc1ccc(C2SCCN2C(=O)Nc2ccc(F)c(F)c2F)cc1. The van der Waals surface area contributed by atoms with Gasteiger partial charge in [-0.1, -0.05) is 29.8 Å². The molecule has 126 valence electrons. The molecular formula is C17H15F3N2OS. The number of halogens is 3. The summed E-state index contributed by atoms with van der Waals surface area (Å²) in [6, 6.07) is 9.04. The van der Waals surface area contributed by atoms with E-state index in [9.17, 15) is 18.0 Å². The number of aryl methyl sites for hydroxylation is 1. The molecule has 1 heterocycles. The number of anilines is 1. The van der Waals surface area contributed by atoms with Crippen molar-refractivity contribution in [3.63, 3.8) is 0 Å². The molecule has 3 rings (SSSR count). The van der Waals surface area contributed by atoms with Gasteiger partial charge in [-0.3, -0.25) is 0 Å². The zero-order chi connectivity index (χ0) is 17.3. The summed E-state index contributed by atoms with van der Waals surface area (Å²) in [7, 11) is 0. The van der Waals surface area contributed by atoms with Gasteiger partial charge in [0.1, 0.15) is 5.37 Å². The van der Waals surface area contributed by atoms with Crippen LogP contribution in [-0.2, 0) is 0 Å². The third-order valence-corrected chi connectivity index (χ3v) is 5.05. The van der Waals surface area contributed by atoms with Crippen LogP contribution in [-0.4, -0.2) is 23.2 Å². The average molecular weight is 352 g/mol. The largest absolute Gasteiger partial charge is 0.323 e. The van der Waals surface area contributed by atoms with E-state index in [-0.39, 0.29) is 11.1 Å². The van der Waals surface area contributed by atoms with Gasteiger partial charge in [-0.15, -0.1) is 11.8 Å². The first kappa shape index (κ1) is 16.7. The van der Waals surface area contributed by atoms with Crippen LogP contribution in [0.1, 0.15) is 16.5 Å². The lowest BCUT2D eigenvalue weighted by Gasteiger charge is -2.24. The Hall–Kier alpha value is -2.15. The molecular weight excluding hydrogens is 337 g/mol. The quantitative estimate of drug-likeness (QED) is 0.795. The Morgan fingerprint density at radius 1 is 1.12 bits per heavy atom. The minimum absolute atomic E-state index is 0.195. The van der Waals surface area contributed by atoms with E-state index in [1.807, 2.05) is 31.2 Å². The molecule has 1 saturated heterocycles. The van der Waals surface area contributed by atoms with Crippen molar-refractivity contribution in [3.05, 3.63) is 65.0 Å². The molecule has 2 amide bonds. The molecule has 0 saturated carbocycles. The van der Waals surface area contributed by atoms with Crippen molar-refractivity contribution < 1.29 is 18.0 Å². The molecule has 1 aliphatic rings. The smallest absolute Gasteiger partial charge is 0.308 e. The molecule has 3 nitrogen and oxygen atoms in total. The van der Waals surface area contributed by atoms with Crippen LogP contribution in [0, 0.1) is 24.4 Å². The average Bonchev–Trinajstić information content (AvgIpc) is 3.06. The second-order valence-corrected chi connectivity index (χ2v) is 6.67. The number of hydrogen-bond donors (Lipinski definition) is 1. The van der Waals surface area contributed by atoms with Gasteiger partial charge < -0.3 is 10.2 Å². The number of benzene rings is 2. The second-order valence-electron chi connectivity index (χ2n) is 5.48. The third kappa shape index (κ3) is 3.21. The van der Waals surface area contributed by atoms with Crippen molar-refractivity contribution in [3.8, 4) is 0 Å². The predicted molar refractivity (Wildman–Crippen MR) is 88.4 cm³/mol. The highest BCUT2D eigenvalue weighted by Crippen LogP contribution is 2.38. The fourth-order valence-electron chi connectivity index (χ4n) is 2.49. The minimum Gasteiger partial charge on any atom is -0.308 e. The fourth-order valence-corrected chi connectivity index (χ4v) is 3.75. The molecule has 0 bridgehead atoms. The van der Waals surface area contributed by atoms with Gasteiger partial charge in [0.05, 0.1) is 5.69 Å². The van der Waals surface area contributed by atoms with Crippen LogP contribution < -0.4 is 5.32 Å². The molecule has 7 heteroatoms. The number of nitrogens with one attached hydrogen (secondary N) is 1. The molecule has 1 N–H and O–H groups in total. The van der Waals surface area contributed by atoms with Crippen molar-refractivity contribution in [1.82, 2.24) is 4.90 Å². The van der Waals surface area contributed by atoms with Gasteiger partial charge in [-0.2, -0.15) is 0 Å². The van der Waals surface area contributed by atoms with Crippen molar-refractivity contribution in [1.29, 1.82) is 0 Å². The highest BCUT2D eigenvalue weighted by molar-refractivity contribution is 7.99. The van der Waals surface area contributed by atoms with Crippen molar-refractivity contribution in [2.75, 3.05) is 17.6 Å². The van der Waals surface area contributed by atoms with E-state index in [1.165, 1.54) is 0 Å². The van der Waals surface area contributed by atoms with Gasteiger partial charge in [0, 0.05) is 12.3 Å². The molecule has 0 aromatic heterocycles. The molecule has 2 aromatic rings. The zero-order valence-electron chi connectivity index (χ0n) is 12.9. The Kier molecular flexibility index (Phi) is 4.71. The van der Waals surface area contributed by atoms with E-state index in [0.29, 0.717) is 6.54 Å². The standard InChI is InChI=1S/C17H15F3N2OS/c1-10-2-4-11(5-3-10)16-22(8-9-24-16)17(23)21-13-7-6-12(18)14(19)15(13)20/h2-7,16H,8-9H2,1H3,(H,21,23). The number of urea groups is 1. The monoisotopic (exact) mass is 352 g/mol. The van der Waals surface area contributed by atoms with Crippen molar-refractivity contribution in [2.24, 2.45) is 0 Å². The van der Waals surface area contributed by atoms with Crippen molar-refractivity contribution >= 4 is 23.5 Å². The summed E-state index contributed by atoms with van der Waals surface area (Å²) >= 11 is 1.60. The van der Waals surface area contributed by atoms with Gasteiger partial charge in [-0.25, -0.2) is 18.0 Å². The van der Waals surface area contributed by atoms with Gasteiger partial charge in [-0.05, 0) is 24.6 Å². The minimum atomic E-state index is -1.60. The van der Waals surface area contributed by atoms with Crippen LogP contribution in [0.25, 0.3) is 0 Å². The topological polar surface area (TPSA) is 32.3 Å². The van der Waals surface area contributed by atoms with Crippen LogP contribution in [0.15, 0.2) is 36.4 Å². The Balaban J connectivity index is 1.79. The van der Waals surface area contributed by atoms with Gasteiger partial charge in [0.15, 0.2) is 17.5 Å². The Bertz CT molecular complexity index is 767. The van der Waals surface area contributed by atoms with Crippen LogP contribution in [0.2, 0.25) is 0 Å². The maximum absolute atomic E-state index is 13.7. The number of nitrogens with zero attached hydrogens (tertiary/aromatic N) is 1. The number of thioether (sulfide) groups is 1. The van der Waals surface area contributed by atoms with Gasteiger partial charge >= 0.3 is 6.03 Å². The van der Waals surface area contributed by atoms with E-state index in [4.69, 9.17) is 0 Å². The second kappa shape index (κ2) is 6.76. The third-order valence-electron chi connectivity index (χ3n) is 3.79. The highest BCUT2D eigenvalue weighted by atomic mass is 32.2. The molecule has 1 aliphatic heterocycles. The first-order chi connectivity index (χ1) is 11.5. The maximum atomic E-state index is 13.7. The van der Waals surface area contributed by atoms with Crippen LogP contribution in [0.4, 0.5) is 23.7 Å². The number of hydrogen-bond acceptors (Lipinski definition) is 2. The Labute approximate surface area is 141 Å². The Morgan fingerprint density at radius 3 is 2.54 bits per heavy atom. The summed E-state index contributed by atoms with van der Waals surface area (Å²) in [5.74, 6) is -3.55. The van der Waals surface area contributed by atoms with Crippen LogP contribution >= 0.6 is 11.8 Å². The summed E-state index contributed by atoms with van der Waals surface area (Å²) in [5, 5.41) is 2.13. The van der Waals surface area contributed by atoms with E-state index >= 15 is 0 Å². The number of rotatable bonds is 2. The number of carbonyl (C=O) groups excluding carboxylic acids is 1. The fraction of sp³-hybridized carbons (Fsp3) is 0.235. The lowest BCUT2D eigenvalue weighted by atomic mass is 10.1. The van der Waals surface area contributed by atoms with E-state index in [0.717, 1.165) is 29.0 Å². The zero-order valence-corrected chi connectivity index (χ0v) is 13.7. The predicted octanol–water partition coefficient (Wildman–Crippen LogP) is 4.69. The molecule has 1 fully saturated rings. The summed E-state index contributed by atoms with van der Waals surface area (Å²) in [5.41, 5.74) is 1.70. The summed E-state index contributed by atoms with van der Waals surface area (Å²) in [6.45, 7) is 2.46. The molecule has 0 aliphatic carbocycles. The van der Waals surface area contributed by atoms with Crippen molar-refractivity contribution in [2.45, 2.75) is 12.3 Å². The van der Waals surface area contributed by atoms with Gasteiger partial charge in [0.2, 0.25) is 0 Å². The first-order valence-electron chi connectivity index (χ1n) is 7.36. The van der Waals surface area contributed by atoms with E-state index < -0.39 is 23.5 Å². The molecule has 2 aromatic carbocycles. The Morgan fingerprint density at radius 2 is 1.83 bits per heavy atom. The maximum Gasteiger partial charge on any atom is 0.323 e. The molecule has 24 heavy (non-hydrogen) atoms. The number of amides is 2. The van der Waals surface area contributed by atoms with Gasteiger partial charge in [0.25, 0.3) is 0 Å². The van der Waals surface area contributed by atoms with Crippen LogP contribution in [0.3, 0.4) is 0 Å². The molecule has 1 unspecified atom stereocenters. The highest BCUT2D eigenvalue weighted by Gasteiger charge is 2.31. The molecule has 0 radical (unpaired) electrons. The van der Waals surface area contributed by atoms with E-state index in [1.54, 1.807) is 16.7 Å². The van der Waals surface area contributed by atoms with E-state index in [2.05, 4.69) is 5.32 Å². The summed E-state index contributed by atoms with van der Waals surface area (Å²) in [6.07, 6.45) is 0. The normalized spacial score (nSPS) is 17.2. The molecule has 1 atom stereocenters. The van der Waals surface area contributed by atoms with Crippen LogP contribution in [0.5, 0.6) is 0 Å². The molecule has 0 spiro atoms.